The molecule has 0 aromatic heterocycles. The molecule has 4 rings (SSSR count). The summed E-state index contributed by atoms with van der Waals surface area (Å²) in [7, 11) is -4.40. The van der Waals surface area contributed by atoms with E-state index in [4.69, 9.17) is 8.74 Å². The van der Waals surface area contributed by atoms with Crippen molar-refractivity contribution in [2.24, 2.45) is 34.5 Å². The topological polar surface area (TPSA) is 80.7 Å². The molecule has 5 nitrogen and oxygen atoms in total. The predicted molar refractivity (Wildman–Crippen MR) is 102 cm³/mol. The summed E-state index contributed by atoms with van der Waals surface area (Å²) >= 11 is 0. The van der Waals surface area contributed by atoms with Gasteiger partial charge in [0.15, 0.2) is 0 Å². The second-order valence-electron chi connectivity index (χ2n) is 9.93. The molecular weight excluding hydrogens is 364 g/mol. The number of hydrogen-bond acceptors (Lipinski definition) is 4. The van der Waals surface area contributed by atoms with E-state index >= 15 is 0 Å². The third kappa shape index (κ3) is 3.12. The summed E-state index contributed by atoms with van der Waals surface area (Å²) in [5.41, 5.74) is 1.56. The van der Waals surface area contributed by atoms with Gasteiger partial charge in [0.2, 0.25) is 0 Å². The fraction of sp³-hybridized carbons (Fsp3) is 0.857. The maximum absolute atomic E-state index is 12.2. The lowest BCUT2D eigenvalue weighted by molar-refractivity contribution is -0.127. The molecule has 3 unspecified atom stereocenters. The molecule has 6 heteroatoms. The van der Waals surface area contributed by atoms with E-state index in [0.29, 0.717) is 36.4 Å². The van der Waals surface area contributed by atoms with Crippen LogP contribution in [0.1, 0.15) is 72.1 Å². The van der Waals surface area contributed by atoms with Crippen molar-refractivity contribution < 1.29 is 21.9 Å². The van der Waals surface area contributed by atoms with Gasteiger partial charge < -0.3 is 0 Å². The minimum atomic E-state index is -4.40. The smallest absolute Gasteiger partial charge is 0.300 e. The number of rotatable bonds is 3. The van der Waals surface area contributed by atoms with Crippen LogP contribution in [0.4, 0.5) is 0 Å². The Morgan fingerprint density at radius 2 is 1.89 bits per heavy atom. The summed E-state index contributed by atoms with van der Waals surface area (Å²) in [5.74, 6) is 2.43. The lowest BCUT2D eigenvalue weighted by atomic mass is 9.47. The van der Waals surface area contributed by atoms with E-state index in [1.165, 1.54) is 5.57 Å². The lowest BCUT2D eigenvalue weighted by Crippen LogP contribution is -2.51. The van der Waals surface area contributed by atoms with Gasteiger partial charge in [-0.05, 0) is 86.9 Å². The Bertz CT molecular complexity index is 771. The van der Waals surface area contributed by atoms with Gasteiger partial charge in [-0.3, -0.25) is 9.35 Å². The first-order valence-corrected chi connectivity index (χ1v) is 11.8. The number of ketones is 1. The molecule has 0 heterocycles. The van der Waals surface area contributed by atoms with E-state index in [-0.39, 0.29) is 16.7 Å². The van der Waals surface area contributed by atoms with Crippen LogP contribution in [0.25, 0.3) is 0 Å². The average Bonchev–Trinajstić information content (AvgIpc) is 2.91. The molecule has 4 aliphatic carbocycles. The number of carbonyl (C=O) groups excluding carboxylic acids is 1. The van der Waals surface area contributed by atoms with Crippen molar-refractivity contribution in [3.8, 4) is 0 Å². The molecule has 0 aromatic rings. The maximum atomic E-state index is 12.2. The molecule has 1 N–H and O–H groups in total. The molecule has 0 spiro atoms. The second-order valence-corrected chi connectivity index (χ2v) is 11.0. The fourth-order valence-electron chi connectivity index (χ4n) is 7.55. The Morgan fingerprint density at radius 3 is 2.56 bits per heavy atom. The van der Waals surface area contributed by atoms with Crippen molar-refractivity contribution in [3.05, 3.63) is 11.6 Å². The number of allylic oxidation sites excluding steroid dienone is 1. The zero-order valence-corrected chi connectivity index (χ0v) is 17.4. The third-order valence-corrected chi connectivity index (χ3v) is 9.32. The minimum absolute atomic E-state index is 0.0949. The van der Waals surface area contributed by atoms with Crippen LogP contribution in [0, 0.1) is 34.5 Å². The SMILES string of the molecule is CC(=O)[C@H]1CCC2C3CC=C4C[C@@H](OS(=O)(=O)O)CC[C@]4(C)C3CC[C@@]21C. The van der Waals surface area contributed by atoms with Gasteiger partial charge in [0.1, 0.15) is 5.78 Å². The van der Waals surface area contributed by atoms with E-state index in [1.807, 2.05) is 0 Å². The van der Waals surface area contributed by atoms with Crippen LogP contribution < -0.4 is 0 Å². The summed E-state index contributed by atoms with van der Waals surface area (Å²) in [6, 6.07) is 0. The van der Waals surface area contributed by atoms with Gasteiger partial charge in [-0.25, -0.2) is 4.18 Å². The Morgan fingerprint density at radius 1 is 1.15 bits per heavy atom. The highest BCUT2D eigenvalue weighted by atomic mass is 32.3. The average molecular weight is 397 g/mol. The van der Waals surface area contributed by atoms with Crippen molar-refractivity contribution >= 4 is 16.2 Å². The van der Waals surface area contributed by atoms with Crippen molar-refractivity contribution in [3.63, 3.8) is 0 Å². The quantitative estimate of drug-likeness (QED) is 0.567. The summed E-state index contributed by atoms with van der Waals surface area (Å²) in [5, 5.41) is 0. The molecule has 0 radical (unpaired) electrons. The van der Waals surface area contributed by atoms with Crippen LogP contribution in [0.3, 0.4) is 0 Å². The van der Waals surface area contributed by atoms with E-state index in [2.05, 4.69) is 19.9 Å². The molecule has 0 saturated heterocycles. The van der Waals surface area contributed by atoms with Crippen molar-refractivity contribution in [2.75, 3.05) is 0 Å². The molecule has 27 heavy (non-hydrogen) atoms. The van der Waals surface area contributed by atoms with Crippen LogP contribution in [0.2, 0.25) is 0 Å². The predicted octanol–water partition coefficient (Wildman–Crippen LogP) is 4.34. The minimum Gasteiger partial charge on any atom is -0.300 e. The maximum Gasteiger partial charge on any atom is 0.397 e. The Hall–Kier alpha value is -0.720. The summed E-state index contributed by atoms with van der Waals surface area (Å²) < 4.78 is 36.1. The van der Waals surface area contributed by atoms with Crippen LogP contribution in [0.5, 0.6) is 0 Å². The molecular formula is C21H32O5S. The summed E-state index contributed by atoms with van der Waals surface area (Å²) in [4.78, 5) is 12.2. The molecule has 0 amide bonds. The van der Waals surface area contributed by atoms with Gasteiger partial charge in [0.25, 0.3) is 0 Å². The molecule has 3 fully saturated rings. The lowest BCUT2D eigenvalue weighted by Gasteiger charge is -2.58. The first-order chi connectivity index (χ1) is 12.5. The standard InChI is InChI=1S/C21H32O5S/c1-13(22)17-6-7-18-16-5-4-14-12-15(26-27(23,24)25)8-10-20(14,2)19(16)9-11-21(17,18)3/h4,15-19H,5-12H2,1-3H3,(H,23,24,25)/t15-,16?,17+,18?,19?,20-,21+/m0/s1. The number of hydrogen-bond donors (Lipinski definition) is 1. The van der Waals surface area contributed by atoms with E-state index < -0.39 is 16.5 Å². The van der Waals surface area contributed by atoms with Gasteiger partial charge in [0, 0.05) is 5.92 Å². The first-order valence-electron chi connectivity index (χ1n) is 10.4. The zero-order chi connectivity index (χ0) is 19.6. The van der Waals surface area contributed by atoms with Crippen LogP contribution in [-0.4, -0.2) is 24.9 Å². The fourth-order valence-corrected chi connectivity index (χ4v) is 8.06. The van der Waals surface area contributed by atoms with E-state index in [9.17, 15) is 13.2 Å². The third-order valence-electron chi connectivity index (χ3n) is 8.81. The van der Waals surface area contributed by atoms with Crippen LogP contribution in [-0.2, 0) is 19.4 Å². The molecule has 3 saturated carbocycles. The van der Waals surface area contributed by atoms with Gasteiger partial charge in [-0.15, -0.1) is 0 Å². The van der Waals surface area contributed by atoms with Gasteiger partial charge in [-0.2, -0.15) is 8.42 Å². The largest absolute Gasteiger partial charge is 0.397 e. The van der Waals surface area contributed by atoms with Crippen molar-refractivity contribution in [1.82, 2.24) is 0 Å². The van der Waals surface area contributed by atoms with Crippen LogP contribution in [0.15, 0.2) is 11.6 Å². The number of fused-ring (bicyclic) bond motifs is 5. The Labute approximate surface area is 162 Å². The van der Waals surface area contributed by atoms with E-state index in [1.54, 1.807) is 6.92 Å². The normalized spacial score (nSPS) is 46.8. The number of Topliss-reactive ketones (excluding diaryl/α,β-unsaturated/α-hetero) is 1. The van der Waals surface area contributed by atoms with E-state index in [0.717, 1.165) is 38.5 Å². The molecule has 7 atom stereocenters. The van der Waals surface area contributed by atoms with Crippen LogP contribution >= 0.6 is 0 Å². The molecule has 0 aromatic carbocycles. The van der Waals surface area contributed by atoms with Gasteiger partial charge >= 0.3 is 10.4 Å². The first kappa shape index (κ1) is 19.6. The Balaban J connectivity index is 1.58. The summed E-state index contributed by atoms with van der Waals surface area (Å²) in [6.45, 7) is 6.46. The van der Waals surface area contributed by atoms with Crippen molar-refractivity contribution in [1.29, 1.82) is 0 Å². The monoisotopic (exact) mass is 396 g/mol. The Kier molecular flexibility index (Phi) is 4.64. The summed E-state index contributed by atoms with van der Waals surface area (Å²) in [6.07, 6.45) is 9.54. The second kappa shape index (κ2) is 6.39. The molecule has 4 aliphatic rings. The molecule has 0 bridgehead atoms. The highest BCUT2D eigenvalue weighted by Gasteiger charge is 2.59. The molecule has 0 aliphatic heterocycles. The van der Waals surface area contributed by atoms with Gasteiger partial charge in [0.05, 0.1) is 6.10 Å². The zero-order valence-electron chi connectivity index (χ0n) is 16.6. The van der Waals surface area contributed by atoms with Crippen molar-refractivity contribution in [2.45, 2.75) is 78.2 Å². The van der Waals surface area contributed by atoms with Gasteiger partial charge in [-0.1, -0.05) is 25.5 Å². The molecule has 152 valence electrons. The highest BCUT2D eigenvalue weighted by Crippen LogP contribution is 2.66. The number of carbonyl (C=O) groups is 1. The highest BCUT2D eigenvalue weighted by molar-refractivity contribution is 7.80.